The molecule has 0 N–H and O–H groups in total. The van der Waals surface area contributed by atoms with Crippen molar-refractivity contribution in [2.45, 2.75) is 46.9 Å². The van der Waals surface area contributed by atoms with Gasteiger partial charge in [-0.2, -0.15) is 0 Å². The van der Waals surface area contributed by atoms with Crippen LogP contribution in [0.4, 0.5) is 0 Å². The van der Waals surface area contributed by atoms with Crippen LogP contribution in [-0.4, -0.2) is 5.34 Å². The van der Waals surface area contributed by atoms with Gasteiger partial charge in [0.1, 0.15) is 11.1 Å². The summed E-state index contributed by atoms with van der Waals surface area (Å²) in [6.07, 6.45) is 0. The smallest absolute Gasteiger partial charge is 0.120 e. The van der Waals surface area contributed by atoms with Crippen molar-refractivity contribution in [3.8, 4) is 5.75 Å². The van der Waals surface area contributed by atoms with Crippen molar-refractivity contribution in [1.29, 1.82) is 0 Å². The molecule has 0 radical (unpaired) electrons. The normalized spacial score (nSPS) is 9.00. The van der Waals surface area contributed by atoms with Crippen molar-refractivity contribution in [1.82, 2.24) is 0 Å². The summed E-state index contributed by atoms with van der Waals surface area (Å²) in [7, 11) is 2.64. The molecule has 0 saturated carbocycles. The second kappa shape index (κ2) is 9.98. The second-order valence-electron chi connectivity index (χ2n) is 3.02. The Balaban J connectivity index is 0. The van der Waals surface area contributed by atoms with Gasteiger partial charge < -0.3 is 4.74 Å². The highest BCUT2D eigenvalue weighted by atomic mass is 31.0. The first-order chi connectivity index (χ1) is 7.08. The minimum Gasteiger partial charge on any atom is -0.484 e. The lowest BCUT2D eigenvalue weighted by Crippen LogP contribution is -2.18. The van der Waals surface area contributed by atoms with E-state index in [1.807, 2.05) is 71.9 Å². The van der Waals surface area contributed by atoms with Crippen LogP contribution in [0.5, 0.6) is 5.75 Å². The van der Waals surface area contributed by atoms with Crippen LogP contribution in [0.15, 0.2) is 30.3 Å². The molecule has 1 nitrogen and oxygen atoms in total. The Kier molecular flexibility index (Phi) is 11.2. The molecule has 1 aromatic carbocycles. The average molecular weight is 228 g/mol. The monoisotopic (exact) mass is 228 g/mol. The number of hydrogen-bond donors (Lipinski definition) is 0. The van der Waals surface area contributed by atoms with E-state index < -0.39 is 0 Å². The standard InChI is InChI=1S/C9H13OP.2C2H6/c1-9(2,11)10-8-6-4-3-5-7-8;2*1-2/h3-7H,11H2,1-2H3;2*1-2H3. The van der Waals surface area contributed by atoms with Gasteiger partial charge in [0.25, 0.3) is 0 Å². The van der Waals surface area contributed by atoms with Crippen molar-refractivity contribution < 1.29 is 4.74 Å². The third kappa shape index (κ3) is 11.4. The Morgan fingerprint density at radius 3 is 1.67 bits per heavy atom. The Bertz CT molecular complexity index is 214. The van der Waals surface area contributed by atoms with E-state index in [-0.39, 0.29) is 5.34 Å². The molecule has 0 aliphatic rings. The summed E-state index contributed by atoms with van der Waals surface area (Å²) in [6, 6.07) is 9.80. The predicted molar refractivity (Wildman–Crippen MR) is 73.6 cm³/mol. The molecule has 2 heteroatoms. The summed E-state index contributed by atoms with van der Waals surface area (Å²) in [5.41, 5.74) is 0. The Morgan fingerprint density at radius 1 is 0.933 bits per heavy atom. The lowest BCUT2D eigenvalue weighted by molar-refractivity contribution is 0.206. The molecule has 0 spiro atoms. The zero-order valence-corrected chi connectivity index (χ0v) is 12.0. The van der Waals surface area contributed by atoms with E-state index in [0.29, 0.717) is 0 Å². The third-order valence-electron chi connectivity index (χ3n) is 1.12. The molecule has 0 saturated heterocycles. The van der Waals surface area contributed by atoms with Crippen molar-refractivity contribution in [3.05, 3.63) is 30.3 Å². The van der Waals surface area contributed by atoms with Gasteiger partial charge in [-0.1, -0.05) is 55.1 Å². The van der Waals surface area contributed by atoms with Gasteiger partial charge in [-0.3, -0.25) is 0 Å². The SMILES string of the molecule is CC.CC.CC(C)(P)Oc1ccccc1. The molecular weight excluding hydrogens is 203 g/mol. The molecule has 1 rings (SSSR count). The van der Waals surface area contributed by atoms with Gasteiger partial charge in [0.15, 0.2) is 0 Å². The highest BCUT2D eigenvalue weighted by molar-refractivity contribution is 7.18. The van der Waals surface area contributed by atoms with Crippen LogP contribution in [0, 0.1) is 0 Å². The Labute approximate surface area is 97.4 Å². The van der Waals surface area contributed by atoms with Crippen molar-refractivity contribution in [2.24, 2.45) is 0 Å². The largest absolute Gasteiger partial charge is 0.484 e. The number of ether oxygens (including phenoxy) is 1. The molecule has 15 heavy (non-hydrogen) atoms. The van der Waals surface area contributed by atoms with Crippen molar-refractivity contribution >= 4 is 9.24 Å². The maximum Gasteiger partial charge on any atom is 0.120 e. The molecular formula is C13H25OP. The van der Waals surface area contributed by atoms with Crippen LogP contribution in [-0.2, 0) is 0 Å². The van der Waals surface area contributed by atoms with E-state index in [1.165, 1.54) is 0 Å². The summed E-state index contributed by atoms with van der Waals surface area (Å²) in [4.78, 5) is 0. The molecule has 1 aromatic rings. The lowest BCUT2D eigenvalue weighted by atomic mass is 10.3. The van der Waals surface area contributed by atoms with Crippen LogP contribution in [0.2, 0.25) is 0 Å². The average Bonchev–Trinajstić information content (AvgIpc) is 2.23. The molecule has 0 heterocycles. The van der Waals surface area contributed by atoms with E-state index in [2.05, 4.69) is 9.24 Å². The topological polar surface area (TPSA) is 9.23 Å². The molecule has 0 aromatic heterocycles. The van der Waals surface area contributed by atoms with Gasteiger partial charge in [-0.05, 0) is 26.0 Å². The van der Waals surface area contributed by atoms with E-state index in [1.54, 1.807) is 0 Å². The fourth-order valence-corrected chi connectivity index (χ4v) is 0.928. The van der Waals surface area contributed by atoms with Crippen LogP contribution in [0.1, 0.15) is 41.5 Å². The highest BCUT2D eigenvalue weighted by Crippen LogP contribution is 2.22. The number of benzene rings is 1. The van der Waals surface area contributed by atoms with Gasteiger partial charge in [-0.25, -0.2) is 0 Å². The lowest BCUT2D eigenvalue weighted by Gasteiger charge is -2.20. The van der Waals surface area contributed by atoms with E-state index in [4.69, 9.17) is 4.74 Å². The predicted octanol–water partition coefficient (Wildman–Crippen LogP) is 4.73. The van der Waals surface area contributed by atoms with Crippen LogP contribution in [0.25, 0.3) is 0 Å². The molecule has 0 aliphatic heterocycles. The molecule has 1 unspecified atom stereocenters. The third-order valence-corrected chi connectivity index (χ3v) is 1.24. The first-order valence-electron chi connectivity index (χ1n) is 5.61. The fourth-order valence-electron chi connectivity index (χ4n) is 0.792. The number of para-hydroxylation sites is 1. The maximum absolute atomic E-state index is 5.56. The zero-order valence-electron chi connectivity index (χ0n) is 10.9. The van der Waals surface area contributed by atoms with Gasteiger partial charge >= 0.3 is 0 Å². The van der Waals surface area contributed by atoms with Gasteiger partial charge in [-0.15, -0.1) is 0 Å². The molecule has 0 amide bonds. The van der Waals surface area contributed by atoms with Gasteiger partial charge in [0, 0.05) is 0 Å². The minimum absolute atomic E-state index is 0.179. The van der Waals surface area contributed by atoms with E-state index in [9.17, 15) is 0 Å². The summed E-state index contributed by atoms with van der Waals surface area (Å²) in [5.74, 6) is 0.910. The first kappa shape index (κ1) is 16.9. The number of rotatable bonds is 2. The van der Waals surface area contributed by atoms with Crippen molar-refractivity contribution in [3.63, 3.8) is 0 Å². The fraction of sp³-hybridized carbons (Fsp3) is 0.538. The van der Waals surface area contributed by atoms with E-state index in [0.717, 1.165) is 5.75 Å². The summed E-state index contributed by atoms with van der Waals surface area (Å²) >= 11 is 0. The molecule has 88 valence electrons. The minimum atomic E-state index is -0.179. The molecule has 0 fully saturated rings. The van der Waals surface area contributed by atoms with Crippen LogP contribution in [0.3, 0.4) is 0 Å². The zero-order chi connectivity index (χ0) is 12.3. The van der Waals surface area contributed by atoms with Crippen LogP contribution >= 0.6 is 9.24 Å². The Hall–Kier alpha value is -0.550. The maximum atomic E-state index is 5.56. The Morgan fingerprint density at radius 2 is 1.33 bits per heavy atom. The summed E-state index contributed by atoms with van der Waals surface area (Å²) in [6.45, 7) is 12.0. The van der Waals surface area contributed by atoms with Gasteiger partial charge in [0.05, 0.1) is 0 Å². The summed E-state index contributed by atoms with van der Waals surface area (Å²) < 4.78 is 5.56. The number of hydrogen-bond acceptors (Lipinski definition) is 1. The van der Waals surface area contributed by atoms with Crippen molar-refractivity contribution in [2.75, 3.05) is 0 Å². The summed E-state index contributed by atoms with van der Waals surface area (Å²) in [5, 5.41) is -0.179. The van der Waals surface area contributed by atoms with Crippen LogP contribution < -0.4 is 4.74 Å². The molecule has 1 atom stereocenters. The first-order valence-corrected chi connectivity index (χ1v) is 6.18. The quantitative estimate of drug-likeness (QED) is 0.665. The highest BCUT2D eigenvalue weighted by Gasteiger charge is 2.10. The van der Waals surface area contributed by atoms with Gasteiger partial charge in [0.2, 0.25) is 0 Å². The van der Waals surface area contributed by atoms with E-state index >= 15 is 0 Å². The molecule has 0 bridgehead atoms. The second-order valence-corrected chi connectivity index (χ2v) is 4.41. The molecule has 0 aliphatic carbocycles.